The van der Waals surface area contributed by atoms with Crippen molar-refractivity contribution in [2.75, 3.05) is 0 Å². The minimum Gasteiger partial charge on any atom is -0.382 e. The quantitative estimate of drug-likeness (QED) is 0.661. The molecule has 0 amide bonds. The normalized spacial score (nSPS) is 22.0. The first kappa shape index (κ1) is 8.14. The summed E-state index contributed by atoms with van der Waals surface area (Å²) in [6, 6.07) is 6.43. The van der Waals surface area contributed by atoms with Gasteiger partial charge in [0.15, 0.2) is 0 Å². The Labute approximate surface area is 76.8 Å². The number of fused-ring (bicyclic) bond motifs is 1. The highest BCUT2D eigenvalue weighted by atomic mass is 32.2. The van der Waals surface area contributed by atoms with E-state index in [1.54, 1.807) is 11.8 Å². The minimum atomic E-state index is -0.194. The topological polar surface area (TPSA) is 20.2 Å². The molecule has 0 bridgehead atoms. The first-order valence-electron chi connectivity index (χ1n) is 4.20. The second-order valence-electron chi connectivity index (χ2n) is 3.22. The zero-order chi connectivity index (χ0) is 8.55. The summed E-state index contributed by atoms with van der Waals surface area (Å²) in [7, 11) is 0. The molecular weight excluding hydrogens is 168 g/mol. The van der Waals surface area contributed by atoms with E-state index in [9.17, 15) is 5.11 Å². The third kappa shape index (κ3) is 1.50. The van der Waals surface area contributed by atoms with Crippen LogP contribution < -0.4 is 0 Å². The Balaban J connectivity index is 2.37. The summed E-state index contributed by atoms with van der Waals surface area (Å²) >= 11 is 1.58. The highest BCUT2D eigenvalue weighted by Gasteiger charge is 2.16. The predicted molar refractivity (Wildman–Crippen MR) is 51.4 cm³/mol. The summed E-state index contributed by atoms with van der Waals surface area (Å²) in [5, 5.41) is 9.39. The number of aryl methyl sites for hydroxylation is 2. The van der Waals surface area contributed by atoms with Gasteiger partial charge < -0.3 is 5.11 Å². The van der Waals surface area contributed by atoms with Crippen molar-refractivity contribution >= 4 is 11.8 Å². The second kappa shape index (κ2) is 3.11. The molecule has 1 nitrogen and oxygen atoms in total. The molecule has 0 aliphatic carbocycles. The Morgan fingerprint density at radius 2 is 2.33 bits per heavy atom. The van der Waals surface area contributed by atoms with Crippen LogP contribution in [-0.4, -0.2) is 10.5 Å². The van der Waals surface area contributed by atoms with Crippen molar-refractivity contribution in [3.63, 3.8) is 0 Å². The molecule has 2 heteroatoms. The number of benzene rings is 1. The predicted octanol–water partition coefficient (Wildman–Crippen LogP) is 2.35. The van der Waals surface area contributed by atoms with E-state index in [1.165, 1.54) is 16.0 Å². The van der Waals surface area contributed by atoms with Crippen LogP contribution in [0.25, 0.3) is 0 Å². The van der Waals surface area contributed by atoms with E-state index in [4.69, 9.17) is 0 Å². The first-order valence-corrected chi connectivity index (χ1v) is 5.08. The molecule has 1 aromatic carbocycles. The van der Waals surface area contributed by atoms with Crippen molar-refractivity contribution in [3.8, 4) is 0 Å². The fraction of sp³-hybridized carbons (Fsp3) is 0.400. The fourth-order valence-electron chi connectivity index (χ4n) is 1.50. The van der Waals surface area contributed by atoms with Crippen LogP contribution in [0, 0.1) is 6.92 Å². The Morgan fingerprint density at radius 3 is 3.17 bits per heavy atom. The number of aliphatic hydroxyl groups is 1. The average Bonchev–Trinajstić information content (AvgIpc) is 2.05. The van der Waals surface area contributed by atoms with Gasteiger partial charge in [0, 0.05) is 4.90 Å². The third-order valence-corrected chi connectivity index (χ3v) is 3.30. The highest BCUT2D eigenvalue weighted by molar-refractivity contribution is 7.99. The van der Waals surface area contributed by atoms with E-state index in [0.29, 0.717) is 0 Å². The van der Waals surface area contributed by atoms with Gasteiger partial charge in [0.05, 0.1) is 0 Å². The number of hydrogen-bond donors (Lipinski definition) is 1. The van der Waals surface area contributed by atoms with Gasteiger partial charge in [0.2, 0.25) is 0 Å². The molecule has 64 valence electrons. The Kier molecular flexibility index (Phi) is 2.11. The van der Waals surface area contributed by atoms with Crippen molar-refractivity contribution in [2.24, 2.45) is 0 Å². The molecule has 1 atom stereocenters. The van der Waals surface area contributed by atoms with Gasteiger partial charge in [-0.15, -0.1) is 0 Å². The highest BCUT2D eigenvalue weighted by Crippen LogP contribution is 2.34. The van der Waals surface area contributed by atoms with Crippen molar-refractivity contribution in [3.05, 3.63) is 29.3 Å². The van der Waals surface area contributed by atoms with Crippen molar-refractivity contribution in [2.45, 2.75) is 30.1 Å². The van der Waals surface area contributed by atoms with Crippen molar-refractivity contribution in [1.82, 2.24) is 0 Å². The lowest BCUT2D eigenvalue weighted by Crippen LogP contribution is -2.09. The maximum Gasteiger partial charge on any atom is 0.104 e. The molecule has 1 aromatic rings. The molecule has 1 unspecified atom stereocenters. The number of hydrogen-bond acceptors (Lipinski definition) is 2. The van der Waals surface area contributed by atoms with E-state index in [0.717, 1.165) is 12.8 Å². The maximum absolute atomic E-state index is 9.39. The average molecular weight is 180 g/mol. The molecule has 0 saturated carbocycles. The van der Waals surface area contributed by atoms with Gasteiger partial charge in [-0.1, -0.05) is 29.5 Å². The van der Waals surface area contributed by atoms with Gasteiger partial charge in [-0.3, -0.25) is 0 Å². The Hall–Kier alpha value is -0.470. The van der Waals surface area contributed by atoms with Crippen molar-refractivity contribution < 1.29 is 5.11 Å². The van der Waals surface area contributed by atoms with E-state index in [2.05, 4.69) is 25.1 Å². The van der Waals surface area contributed by atoms with Crippen LogP contribution in [-0.2, 0) is 6.42 Å². The molecular formula is C10H12OS. The van der Waals surface area contributed by atoms with Crippen LogP contribution in [0.3, 0.4) is 0 Å². The molecule has 0 fully saturated rings. The molecule has 1 heterocycles. The maximum atomic E-state index is 9.39. The lowest BCUT2D eigenvalue weighted by atomic mass is 10.1. The van der Waals surface area contributed by atoms with Crippen LogP contribution in [0.15, 0.2) is 23.1 Å². The van der Waals surface area contributed by atoms with E-state index < -0.39 is 0 Å². The summed E-state index contributed by atoms with van der Waals surface area (Å²) in [5.41, 5.74) is 2.51. The fourth-order valence-corrected chi connectivity index (χ4v) is 2.49. The van der Waals surface area contributed by atoms with E-state index in [1.807, 2.05) is 0 Å². The smallest absolute Gasteiger partial charge is 0.104 e. The minimum absolute atomic E-state index is 0.194. The molecule has 1 aliphatic heterocycles. The van der Waals surface area contributed by atoms with Gasteiger partial charge in [0.1, 0.15) is 5.44 Å². The molecule has 1 aliphatic rings. The van der Waals surface area contributed by atoms with Crippen LogP contribution in [0.5, 0.6) is 0 Å². The SMILES string of the molecule is Cc1ccc2c(c1)CCC(O)S2. The van der Waals surface area contributed by atoms with Crippen LogP contribution in [0.2, 0.25) is 0 Å². The van der Waals surface area contributed by atoms with Gasteiger partial charge in [-0.25, -0.2) is 0 Å². The number of rotatable bonds is 0. The van der Waals surface area contributed by atoms with Gasteiger partial charge in [0.25, 0.3) is 0 Å². The largest absolute Gasteiger partial charge is 0.382 e. The number of aliphatic hydroxyl groups excluding tert-OH is 1. The molecule has 0 aromatic heterocycles. The van der Waals surface area contributed by atoms with Gasteiger partial charge in [-0.05, 0) is 31.4 Å². The van der Waals surface area contributed by atoms with Crippen LogP contribution in [0.4, 0.5) is 0 Å². The Morgan fingerprint density at radius 1 is 1.50 bits per heavy atom. The second-order valence-corrected chi connectivity index (χ2v) is 4.44. The lowest BCUT2D eigenvalue weighted by Gasteiger charge is -2.19. The third-order valence-electron chi connectivity index (χ3n) is 2.14. The van der Waals surface area contributed by atoms with Gasteiger partial charge in [-0.2, -0.15) is 0 Å². The molecule has 12 heavy (non-hydrogen) atoms. The Bertz CT molecular complexity index is 296. The monoisotopic (exact) mass is 180 g/mol. The van der Waals surface area contributed by atoms with Crippen LogP contribution in [0.1, 0.15) is 17.5 Å². The summed E-state index contributed by atoms with van der Waals surface area (Å²) in [6.07, 6.45) is 1.91. The lowest BCUT2D eigenvalue weighted by molar-refractivity contribution is 0.250. The number of thioether (sulfide) groups is 1. The van der Waals surface area contributed by atoms with Crippen molar-refractivity contribution in [1.29, 1.82) is 0 Å². The summed E-state index contributed by atoms with van der Waals surface area (Å²) in [4.78, 5) is 1.25. The molecule has 0 radical (unpaired) electrons. The zero-order valence-electron chi connectivity index (χ0n) is 7.08. The van der Waals surface area contributed by atoms with Gasteiger partial charge >= 0.3 is 0 Å². The molecule has 2 rings (SSSR count). The molecule has 0 saturated heterocycles. The van der Waals surface area contributed by atoms with Crippen LogP contribution >= 0.6 is 11.8 Å². The molecule has 1 N–H and O–H groups in total. The van der Waals surface area contributed by atoms with E-state index in [-0.39, 0.29) is 5.44 Å². The summed E-state index contributed by atoms with van der Waals surface area (Å²) in [5.74, 6) is 0. The zero-order valence-corrected chi connectivity index (χ0v) is 7.90. The molecule has 0 spiro atoms. The first-order chi connectivity index (χ1) is 5.75. The summed E-state index contributed by atoms with van der Waals surface area (Å²) < 4.78 is 0. The standard InChI is InChI=1S/C10H12OS/c1-7-2-4-9-8(6-7)3-5-10(11)12-9/h2,4,6,10-11H,3,5H2,1H3. The van der Waals surface area contributed by atoms with E-state index >= 15 is 0 Å². The summed E-state index contributed by atoms with van der Waals surface area (Å²) in [6.45, 7) is 2.11.